The molecule has 2 aliphatic rings. The first-order chi connectivity index (χ1) is 28.8. The lowest BCUT2D eigenvalue weighted by Crippen LogP contribution is -2.47. The summed E-state index contributed by atoms with van der Waals surface area (Å²) in [5.41, 5.74) is 10.7. The number of rotatable bonds is 6. The van der Waals surface area contributed by atoms with Crippen LogP contribution in [-0.4, -0.2) is 25.8 Å². The Morgan fingerprint density at radius 3 is 0.948 bits per heavy atom. The Morgan fingerprint density at radius 1 is 0.310 bits per heavy atom. The van der Waals surface area contributed by atoms with Crippen molar-refractivity contribution < 1.29 is 0 Å². The van der Waals surface area contributed by atoms with Gasteiger partial charge in [-0.25, -0.2) is 0 Å². The average Bonchev–Trinajstić information content (AvgIpc) is 3.93. The van der Waals surface area contributed by atoms with Crippen LogP contribution in [0.3, 0.4) is 0 Å². The molecule has 2 saturated carbocycles. The van der Waals surface area contributed by atoms with Crippen LogP contribution in [-0.2, 0) is 0 Å². The summed E-state index contributed by atoms with van der Waals surface area (Å²) >= 11 is 0. The first-order valence-electron chi connectivity index (χ1n) is 21.6. The van der Waals surface area contributed by atoms with Gasteiger partial charge in [0.15, 0.2) is 0 Å². The van der Waals surface area contributed by atoms with E-state index < -0.39 is 0 Å². The number of nitrogens with zero attached hydrogens (tertiary/aromatic N) is 4. The molecule has 4 nitrogen and oxygen atoms in total. The second kappa shape index (κ2) is 13.7. The minimum Gasteiger partial charge on any atom is -0.366 e. The second-order valence-electron chi connectivity index (χ2n) is 17.0. The van der Waals surface area contributed by atoms with E-state index in [2.05, 4.69) is 188 Å². The minimum atomic E-state index is 0.506. The van der Waals surface area contributed by atoms with E-state index in [0.717, 1.165) is 0 Å². The zero-order valence-corrected chi connectivity index (χ0v) is 32.9. The zero-order valence-electron chi connectivity index (χ0n) is 32.9. The van der Waals surface area contributed by atoms with Crippen molar-refractivity contribution in [1.82, 2.24) is 13.7 Å². The van der Waals surface area contributed by atoms with Crippen LogP contribution >= 0.6 is 0 Å². The Labute approximate surface area is 339 Å². The normalized spacial score (nSPS) is 20.2. The first-order valence-corrected chi connectivity index (χ1v) is 21.6. The summed E-state index contributed by atoms with van der Waals surface area (Å²) in [5.74, 6) is 0. The van der Waals surface area contributed by atoms with Crippen molar-refractivity contribution in [3.8, 4) is 5.69 Å². The Bertz CT molecular complexity index is 2810. The molecule has 0 bridgehead atoms. The number of anilines is 1. The highest BCUT2D eigenvalue weighted by Crippen LogP contribution is 2.44. The van der Waals surface area contributed by atoms with E-state index >= 15 is 0 Å². The second-order valence-corrected chi connectivity index (χ2v) is 17.0. The third kappa shape index (κ3) is 5.27. The molecule has 284 valence electrons. The van der Waals surface area contributed by atoms with Gasteiger partial charge in [-0.15, -0.1) is 0 Å². The van der Waals surface area contributed by atoms with Gasteiger partial charge in [-0.1, -0.05) is 109 Å². The number of para-hydroxylation sites is 6. The van der Waals surface area contributed by atoms with Gasteiger partial charge in [0.1, 0.15) is 0 Å². The molecule has 4 heteroatoms. The lowest BCUT2D eigenvalue weighted by molar-refractivity contribution is 0.271. The van der Waals surface area contributed by atoms with Crippen molar-refractivity contribution in [3.05, 3.63) is 170 Å². The van der Waals surface area contributed by atoms with Crippen LogP contribution in [0.25, 0.3) is 71.1 Å². The number of hydrogen-bond donors (Lipinski definition) is 0. The van der Waals surface area contributed by atoms with Crippen LogP contribution in [0, 0.1) is 0 Å². The Morgan fingerprint density at radius 2 is 0.603 bits per heavy atom. The summed E-state index contributed by atoms with van der Waals surface area (Å²) in [5, 5.41) is 8.14. The molecule has 2 aliphatic carbocycles. The maximum atomic E-state index is 2.90. The van der Waals surface area contributed by atoms with Crippen LogP contribution in [0.4, 0.5) is 5.69 Å². The van der Waals surface area contributed by atoms with Gasteiger partial charge in [-0.2, -0.15) is 0 Å². The van der Waals surface area contributed by atoms with E-state index in [-0.39, 0.29) is 0 Å². The van der Waals surface area contributed by atoms with E-state index in [1.165, 1.54) is 128 Å². The van der Waals surface area contributed by atoms with Gasteiger partial charge in [0.05, 0.1) is 11.0 Å². The van der Waals surface area contributed by atoms with Crippen LogP contribution < -0.4 is 4.90 Å². The van der Waals surface area contributed by atoms with E-state index in [1.807, 2.05) is 0 Å². The van der Waals surface area contributed by atoms with Gasteiger partial charge in [0, 0.05) is 89.9 Å². The maximum Gasteiger partial charge on any atom is 0.0541 e. The van der Waals surface area contributed by atoms with Gasteiger partial charge in [0.2, 0.25) is 0 Å². The minimum absolute atomic E-state index is 0.506. The predicted octanol–water partition coefficient (Wildman–Crippen LogP) is 14.2. The predicted molar refractivity (Wildman–Crippen MR) is 245 cm³/mol. The fraction of sp³-hybridized carbons (Fsp3) is 0.222. The van der Waals surface area contributed by atoms with E-state index in [0.29, 0.717) is 24.2 Å². The molecule has 0 spiro atoms. The third-order valence-corrected chi connectivity index (χ3v) is 14.1. The standard InChI is InChI=1S/C54H48N4/c1-7-19-49-43(13-1)44-14-2-8-20-50(44)56(49)40-31-25-37(26-32-40)55(38-27-33-41(34-28-38)57-51-21-9-3-15-45(51)46-16-4-10-22-52(46)57)39-29-35-42(36-30-39)58-53-23-11-5-17-47(53)48-18-6-12-24-54(48)58/h1-26,31-32,38-39,41-42H,27-30,33-36H2. The molecule has 0 radical (unpaired) electrons. The van der Waals surface area contributed by atoms with Crippen molar-refractivity contribution in [1.29, 1.82) is 0 Å². The summed E-state index contributed by atoms with van der Waals surface area (Å²) < 4.78 is 7.82. The largest absolute Gasteiger partial charge is 0.366 e. The topological polar surface area (TPSA) is 18.0 Å². The highest BCUT2D eigenvalue weighted by Gasteiger charge is 2.35. The number of hydrogen-bond acceptors (Lipinski definition) is 1. The van der Waals surface area contributed by atoms with E-state index in [4.69, 9.17) is 0 Å². The fourth-order valence-corrected chi connectivity index (χ4v) is 11.6. The van der Waals surface area contributed by atoms with Gasteiger partial charge in [-0.3, -0.25) is 0 Å². The van der Waals surface area contributed by atoms with Crippen LogP contribution in [0.15, 0.2) is 170 Å². The summed E-state index contributed by atoms with van der Waals surface area (Å²) in [7, 11) is 0. The molecule has 3 heterocycles. The van der Waals surface area contributed by atoms with E-state index in [9.17, 15) is 0 Å². The summed E-state index contributed by atoms with van der Waals surface area (Å²) in [6, 6.07) is 65.6. The van der Waals surface area contributed by atoms with Crippen molar-refractivity contribution in [2.45, 2.75) is 75.5 Å². The van der Waals surface area contributed by atoms with Crippen LogP contribution in [0.1, 0.15) is 63.5 Å². The smallest absolute Gasteiger partial charge is 0.0541 e. The Kier molecular flexibility index (Phi) is 7.99. The van der Waals surface area contributed by atoms with Crippen molar-refractivity contribution in [3.63, 3.8) is 0 Å². The van der Waals surface area contributed by atoms with Gasteiger partial charge < -0.3 is 18.6 Å². The molecule has 0 amide bonds. The molecular formula is C54H48N4. The molecule has 3 aromatic heterocycles. The van der Waals surface area contributed by atoms with E-state index in [1.54, 1.807) is 0 Å². The molecule has 58 heavy (non-hydrogen) atoms. The molecule has 7 aromatic carbocycles. The molecule has 12 rings (SSSR count). The van der Waals surface area contributed by atoms with Gasteiger partial charge >= 0.3 is 0 Å². The quantitative estimate of drug-likeness (QED) is 0.165. The van der Waals surface area contributed by atoms with Crippen LogP contribution in [0.5, 0.6) is 0 Å². The molecule has 2 fully saturated rings. The number of fused-ring (bicyclic) bond motifs is 9. The summed E-state index contributed by atoms with van der Waals surface area (Å²) in [6.45, 7) is 0. The lowest BCUT2D eigenvalue weighted by atomic mass is 9.84. The molecule has 0 unspecified atom stereocenters. The highest BCUT2D eigenvalue weighted by molar-refractivity contribution is 6.10. The number of benzene rings is 7. The summed E-state index contributed by atoms with van der Waals surface area (Å²) in [6.07, 6.45) is 9.58. The first kappa shape index (κ1) is 33.8. The third-order valence-electron chi connectivity index (χ3n) is 14.1. The van der Waals surface area contributed by atoms with Gasteiger partial charge in [0.25, 0.3) is 0 Å². The Hall–Kier alpha value is -6.26. The van der Waals surface area contributed by atoms with Crippen molar-refractivity contribution >= 4 is 71.1 Å². The van der Waals surface area contributed by atoms with Crippen molar-refractivity contribution in [2.24, 2.45) is 0 Å². The Balaban J connectivity index is 0.886. The van der Waals surface area contributed by atoms with Crippen molar-refractivity contribution in [2.75, 3.05) is 4.90 Å². The molecule has 0 saturated heterocycles. The van der Waals surface area contributed by atoms with Gasteiger partial charge in [-0.05, 0) is 112 Å². The molecule has 0 aliphatic heterocycles. The fourth-order valence-electron chi connectivity index (χ4n) is 11.6. The molecule has 0 N–H and O–H groups in total. The lowest BCUT2D eigenvalue weighted by Gasteiger charge is -2.46. The monoisotopic (exact) mass is 752 g/mol. The molecule has 10 aromatic rings. The van der Waals surface area contributed by atoms with Crippen LogP contribution in [0.2, 0.25) is 0 Å². The SMILES string of the molecule is c1ccc2c(c1)c1ccccc1n2-c1ccc(N(C2CCC(n3c4ccccc4c4ccccc43)CC2)C2CCC(n3c4ccccc4c4ccccc43)CC2)cc1. The maximum absolute atomic E-state index is 2.90. The number of aromatic nitrogens is 3. The highest BCUT2D eigenvalue weighted by atomic mass is 15.2. The molecule has 0 atom stereocenters. The molecular weight excluding hydrogens is 705 g/mol. The average molecular weight is 753 g/mol. The summed E-state index contributed by atoms with van der Waals surface area (Å²) in [4.78, 5) is 2.90. The zero-order chi connectivity index (χ0) is 38.2.